The molecule has 0 unspecified atom stereocenters. The van der Waals surface area contributed by atoms with Crippen LogP contribution in [0.4, 0.5) is 5.69 Å². The van der Waals surface area contributed by atoms with E-state index in [-0.39, 0.29) is 11.3 Å². The molecular weight excluding hydrogens is 232 g/mol. The van der Waals surface area contributed by atoms with Gasteiger partial charge >= 0.3 is 0 Å². The summed E-state index contributed by atoms with van der Waals surface area (Å²) in [6, 6.07) is 8.58. The number of H-pyrrole nitrogens is 1. The van der Waals surface area contributed by atoms with Crippen LogP contribution in [-0.4, -0.2) is 15.9 Å². The van der Waals surface area contributed by atoms with E-state index in [0.717, 1.165) is 6.20 Å². The Kier molecular flexibility index (Phi) is 3.16. The maximum Gasteiger partial charge on any atom is 0.275 e. The third kappa shape index (κ3) is 2.41. The van der Waals surface area contributed by atoms with E-state index in [4.69, 9.17) is 5.26 Å². The molecule has 1 aromatic heterocycles. The number of aromatic nitrogens is 2. The molecule has 0 saturated carbocycles. The fraction of sp³-hybridized carbons (Fsp3) is 0. The van der Waals surface area contributed by atoms with Gasteiger partial charge in [0.25, 0.3) is 11.5 Å². The number of amides is 1. The van der Waals surface area contributed by atoms with Gasteiger partial charge in [-0.05, 0) is 12.1 Å². The Hall–Kier alpha value is -2.94. The monoisotopic (exact) mass is 240 g/mol. The standard InChI is InChI=1S/C12H8N4O2/c13-5-8-3-1-2-4-9(8)16-12(18)10-6-15-11(17)7-14-10/h1-4,6-7H,(H,15,17)(H,16,18). The van der Waals surface area contributed by atoms with Gasteiger partial charge in [-0.1, -0.05) is 12.1 Å². The van der Waals surface area contributed by atoms with Gasteiger partial charge in [0.05, 0.1) is 17.4 Å². The third-order valence-corrected chi connectivity index (χ3v) is 2.20. The van der Waals surface area contributed by atoms with Gasteiger partial charge in [-0.2, -0.15) is 5.26 Å². The molecule has 2 aromatic rings. The number of anilines is 1. The van der Waals surface area contributed by atoms with Gasteiger partial charge in [-0.3, -0.25) is 9.59 Å². The largest absolute Gasteiger partial charge is 0.325 e. The molecule has 0 fully saturated rings. The number of nitrogens with one attached hydrogen (secondary N) is 2. The first kappa shape index (κ1) is 11.5. The van der Waals surface area contributed by atoms with Crippen molar-refractivity contribution in [2.24, 2.45) is 0 Å². The first-order valence-electron chi connectivity index (χ1n) is 5.06. The lowest BCUT2D eigenvalue weighted by Crippen LogP contribution is -2.17. The Morgan fingerprint density at radius 3 is 2.83 bits per heavy atom. The van der Waals surface area contributed by atoms with Crippen LogP contribution in [0, 0.1) is 11.3 Å². The molecule has 1 amide bonds. The Balaban J connectivity index is 2.24. The quantitative estimate of drug-likeness (QED) is 0.814. The van der Waals surface area contributed by atoms with E-state index in [1.165, 1.54) is 6.20 Å². The summed E-state index contributed by atoms with van der Waals surface area (Å²) in [5.41, 5.74) is 0.444. The predicted molar refractivity (Wildman–Crippen MR) is 64.0 cm³/mol. The Morgan fingerprint density at radius 1 is 1.39 bits per heavy atom. The van der Waals surface area contributed by atoms with Crippen molar-refractivity contribution in [3.8, 4) is 6.07 Å². The van der Waals surface area contributed by atoms with E-state index in [0.29, 0.717) is 11.3 Å². The van der Waals surface area contributed by atoms with Crippen LogP contribution >= 0.6 is 0 Å². The lowest BCUT2D eigenvalue weighted by molar-refractivity contribution is 0.102. The number of hydrogen-bond acceptors (Lipinski definition) is 4. The Morgan fingerprint density at radius 2 is 2.17 bits per heavy atom. The molecule has 0 aliphatic heterocycles. The van der Waals surface area contributed by atoms with Crippen LogP contribution in [0.15, 0.2) is 41.5 Å². The lowest BCUT2D eigenvalue weighted by atomic mass is 10.2. The minimum atomic E-state index is -0.492. The van der Waals surface area contributed by atoms with Gasteiger partial charge in [0, 0.05) is 6.20 Å². The first-order valence-corrected chi connectivity index (χ1v) is 5.06. The molecule has 1 aromatic carbocycles. The molecule has 2 N–H and O–H groups in total. The van der Waals surface area contributed by atoms with Crippen molar-refractivity contribution in [2.45, 2.75) is 0 Å². The predicted octanol–water partition coefficient (Wildman–Crippen LogP) is 0.894. The molecular formula is C12H8N4O2. The summed E-state index contributed by atoms with van der Waals surface area (Å²) in [6.45, 7) is 0. The SMILES string of the molecule is N#Cc1ccccc1NC(=O)c1c[nH]c(=O)cn1. The average molecular weight is 240 g/mol. The van der Waals surface area contributed by atoms with Gasteiger partial charge in [0.2, 0.25) is 0 Å². The number of rotatable bonds is 2. The Labute approximate surface area is 102 Å². The van der Waals surface area contributed by atoms with Crippen molar-refractivity contribution in [3.63, 3.8) is 0 Å². The second kappa shape index (κ2) is 4.93. The number of aromatic amines is 1. The van der Waals surface area contributed by atoms with E-state index in [1.807, 2.05) is 6.07 Å². The molecule has 0 aliphatic rings. The fourth-order valence-corrected chi connectivity index (χ4v) is 1.34. The fourth-order valence-electron chi connectivity index (χ4n) is 1.34. The topological polar surface area (TPSA) is 98.6 Å². The molecule has 0 bridgehead atoms. The summed E-state index contributed by atoms with van der Waals surface area (Å²) in [5.74, 6) is -0.492. The summed E-state index contributed by atoms with van der Waals surface area (Å²) in [6.07, 6.45) is 2.23. The normalized spacial score (nSPS) is 9.50. The van der Waals surface area contributed by atoms with Crippen molar-refractivity contribution in [1.82, 2.24) is 9.97 Å². The second-order valence-corrected chi connectivity index (χ2v) is 3.41. The van der Waals surface area contributed by atoms with E-state index in [2.05, 4.69) is 15.3 Å². The van der Waals surface area contributed by atoms with E-state index >= 15 is 0 Å². The highest BCUT2D eigenvalue weighted by Crippen LogP contribution is 2.14. The Bertz CT molecular complexity index is 664. The maximum atomic E-state index is 11.8. The maximum absolute atomic E-state index is 11.8. The van der Waals surface area contributed by atoms with Crippen molar-refractivity contribution in [1.29, 1.82) is 5.26 Å². The highest BCUT2D eigenvalue weighted by Gasteiger charge is 2.09. The molecule has 2 rings (SSSR count). The average Bonchev–Trinajstić information content (AvgIpc) is 2.40. The second-order valence-electron chi connectivity index (χ2n) is 3.41. The summed E-state index contributed by atoms with van der Waals surface area (Å²) < 4.78 is 0. The molecule has 6 nitrogen and oxygen atoms in total. The number of nitriles is 1. The number of para-hydroxylation sites is 1. The molecule has 0 aliphatic carbocycles. The summed E-state index contributed by atoms with van der Waals surface area (Å²) in [4.78, 5) is 28.6. The van der Waals surface area contributed by atoms with Crippen LogP contribution < -0.4 is 10.9 Å². The molecule has 18 heavy (non-hydrogen) atoms. The summed E-state index contributed by atoms with van der Waals surface area (Å²) in [5, 5.41) is 11.4. The van der Waals surface area contributed by atoms with E-state index < -0.39 is 5.91 Å². The minimum absolute atomic E-state index is 0.0716. The van der Waals surface area contributed by atoms with Crippen molar-refractivity contribution < 1.29 is 4.79 Å². The van der Waals surface area contributed by atoms with Gasteiger partial charge in [0.1, 0.15) is 11.8 Å². The van der Waals surface area contributed by atoms with Crippen molar-refractivity contribution in [2.75, 3.05) is 5.32 Å². The smallest absolute Gasteiger partial charge is 0.275 e. The molecule has 0 spiro atoms. The number of hydrogen-bond donors (Lipinski definition) is 2. The zero-order valence-electron chi connectivity index (χ0n) is 9.18. The molecule has 0 saturated heterocycles. The number of carbonyl (C=O) groups is 1. The van der Waals surface area contributed by atoms with Crippen LogP contribution in [-0.2, 0) is 0 Å². The van der Waals surface area contributed by atoms with Gasteiger partial charge < -0.3 is 10.3 Å². The van der Waals surface area contributed by atoms with Crippen molar-refractivity contribution in [3.05, 3.63) is 58.3 Å². The van der Waals surface area contributed by atoms with Crippen LogP contribution in [0.3, 0.4) is 0 Å². The van der Waals surface area contributed by atoms with Gasteiger partial charge in [-0.25, -0.2) is 4.98 Å². The van der Waals surface area contributed by atoms with Gasteiger partial charge in [-0.15, -0.1) is 0 Å². The zero-order chi connectivity index (χ0) is 13.0. The molecule has 0 radical (unpaired) electrons. The third-order valence-electron chi connectivity index (χ3n) is 2.20. The van der Waals surface area contributed by atoms with Crippen LogP contribution in [0.25, 0.3) is 0 Å². The van der Waals surface area contributed by atoms with Gasteiger partial charge in [0.15, 0.2) is 0 Å². The van der Waals surface area contributed by atoms with Crippen LogP contribution in [0.5, 0.6) is 0 Å². The molecule has 1 heterocycles. The lowest BCUT2D eigenvalue weighted by Gasteiger charge is -2.05. The van der Waals surface area contributed by atoms with Crippen LogP contribution in [0.2, 0.25) is 0 Å². The van der Waals surface area contributed by atoms with E-state index in [9.17, 15) is 9.59 Å². The highest BCUT2D eigenvalue weighted by molar-refractivity contribution is 6.03. The highest BCUT2D eigenvalue weighted by atomic mass is 16.2. The minimum Gasteiger partial charge on any atom is -0.325 e. The molecule has 0 atom stereocenters. The molecule has 88 valence electrons. The summed E-state index contributed by atoms with van der Waals surface area (Å²) >= 11 is 0. The van der Waals surface area contributed by atoms with E-state index in [1.54, 1.807) is 24.3 Å². The first-order chi connectivity index (χ1) is 8.70. The number of nitrogens with zero attached hydrogens (tertiary/aromatic N) is 2. The zero-order valence-corrected chi connectivity index (χ0v) is 9.18. The summed E-state index contributed by atoms with van der Waals surface area (Å²) in [7, 11) is 0. The van der Waals surface area contributed by atoms with Crippen molar-refractivity contribution >= 4 is 11.6 Å². The van der Waals surface area contributed by atoms with Crippen LogP contribution in [0.1, 0.15) is 16.1 Å². The molecule has 6 heteroatoms. The number of benzene rings is 1. The number of carbonyl (C=O) groups excluding carboxylic acids is 1.